The average Bonchev–Trinajstić information content (AvgIpc) is 2.93. The number of benzene rings is 2. The molecule has 1 N–H and O–H groups in total. The number of hydrogen-bond donors (Lipinski definition) is 1. The molecule has 5 nitrogen and oxygen atoms in total. The molecule has 0 amide bonds. The fourth-order valence-corrected chi connectivity index (χ4v) is 4.63. The Bertz CT molecular complexity index is 1130. The monoisotopic (exact) mass is 516 g/mol. The average molecular weight is 517 g/mol. The molecule has 0 bridgehead atoms. The van der Waals surface area contributed by atoms with E-state index in [1.165, 1.54) is 38.5 Å². The van der Waals surface area contributed by atoms with Crippen LogP contribution in [0.4, 0.5) is 0 Å². The smallest absolute Gasteiger partial charge is 0.336 e. The molecule has 0 unspecified atom stereocenters. The third-order valence-electron chi connectivity index (χ3n) is 7.29. The van der Waals surface area contributed by atoms with E-state index < -0.39 is 5.97 Å². The second-order valence-electron chi connectivity index (χ2n) is 10.5. The first-order valence-corrected chi connectivity index (χ1v) is 14.4. The van der Waals surface area contributed by atoms with Gasteiger partial charge in [0.2, 0.25) is 0 Å². The van der Waals surface area contributed by atoms with E-state index in [9.17, 15) is 9.90 Å². The first kappa shape index (κ1) is 29.3. The summed E-state index contributed by atoms with van der Waals surface area (Å²) in [5.74, 6) is 1.21. The molecule has 0 aliphatic rings. The number of aryl methyl sites for hydroxylation is 1. The predicted molar refractivity (Wildman–Crippen MR) is 156 cm³/mol. The summed E-state index contributed by atoms with van der Waals surface area (Å²) in [5.41, 5.74) is 3.80. The molecular formula is C33H44N2O3. The van der Waals surface area contributed by atoms with Gasteiger partial charge in [-0.2, -0.15) is 0 Å². The molecule has 0 radical (unpaired) electrons. The maximum atomic E-state index is 11.9. The number of rotatable bonds is 16. The van der Waals surface area contributed by atoms with Gasteiger partial charge in [-0.05, 0) is 73.4 Å². The summed E-state index contributed by atoms with van der Waals surface area (Å²) in [6, 6.07) is 13.0. The molecule has 5 heteroatoms. The lowest BCUT2D eigenvalue weighted by atomic mass is 9.98. The van der Waals surface area contributed by atoms with Gasteiger partial charge in [0, 0.05) is 18.0 Å². The number of hydrogen-bond acceptors (Lipinski definition) is 4. The van der Waals surface area contributed by atoms with Gasteiger partial charge >= 0.3 is 5.97 Å². The summed E-state index contributed by atoms with van der Waals surface area (Å²) in [6.45, 7) is 8.84. The maximum absolute atomic E-state index is 11.9. The van der Waals surface area contributed by atoms with Crippen molar-refractivity contribution >= 4 is 5.97 Å². The molecule has 2 aromatic carbocycles. The van der Waals surface area contributed by atoms with E-state index >= 15 is 0 Å². The SMILES string of the molecule is CCCCCC[C@@H](C)Oc1ccc(C(=O)O)c(-c2ccc(-c3ncc(CCCC[C@@H](C)CC)cn3)cc2)c1. The Morgan fingerprint density at radius 1 is 0.868 bits per heavy atom. The number of unbranched alkanes of at least 4 members (excludes halogenated alkanes) is 4. The van der Waals surface area contributed by atoms with Crippen molar-refractivity contribution in [3.8, 4) is 28.3 Å². The first-order valence-electron chi connectivity index (χ1n) is 14.4. The number of carboxylic acid groups (broad SMARTS) is 1. The first-order chi connectivity index (χ1) is 18.4. The normalized spacial score (nSPS) is 12.7. The second-order valence-corrected chi connectivity index (χ2v) is 10.5. The topological polar surface area (TPSA) is 72.3 Å². The zero-order chi connectivity index (χ0) is 27.3. The van der Waals surface area contributed by atoms with Gasteiger partial charge in [0.05, 0.1) is 11.7 Å². The number of ether oxygens (including phenoxy) is 1. The summed E-state index contributed by atoms with van der Waals surface area (Å²) in [4.78, 5) is 21.1. The Morgan fingerprint density at radius 3 is 2.21 bits per heavy atom. The third-order valence-corrected chi connectivity index (χ3v) is 7.29. The molecule has 0 saturated heterocycles. The zero-order valence-electron chi connectivity index (χ0n) is 23.6. The predicted octanol–water partition coefficient (Wildman–Crippen LogP) is 9.01. The van der Waals surface area contributed by atoms with Crippen molar-refractivity contribution < 1.29 is 14.6 Å². The Morgan fingerprint density at radius 2 is 1.55 bits per heavy atom. The van der Waals surface area contributed by atoms with Gasteiger partial charge in [-0.1, -0.05) is 83.6 Å². The quantitative estimate of drug-likeness (QED) is 0.192. The Kier molecular flexibility index (Phi) is 11.8. The molecule has 3 rings (SSSR count). The molecule has 0 fully saturated rings. The molecule has 204 valence electrons. The van der Waals surface area contributed by atoms with Crippen LogP contribution in [0.25, 0.3) is 22.5 Å². The molecule has 3 aromatic rings. The highest BCUT2D eigenvalue weighted by molar-refractivity contribution is 5.96. The molecule has 0 spiro atoms. The molecule has 2 atom stereocenters. The lowest BCUT2D eigenvalue weighted by Crippen LogP contribution is -2.12. The molecule has 38 heavy (non-hydrogen) atoms. The lowest BCUT2D eigenvalue weighted by Gasteiger charge is -2.16. The van der Waals surface area contributed by atoms with Crippen molar-refractivity contribution in [2.24, 2.45) is 5.92 Å². The van der Waals surface area contributed by atoms with Gasteiger partial charge < -0.3 is 9.84 Å². The van der Waals surface area contributed by atoms with Gasteiger partial charge in [0.25, 0.3) is 0 Å². The third kappa shape index (κ3) is 8.97. The zero-order valence-corrected chi connectivity index (χ0v) is 23.6. The minimum Gasteiger partial charge on any atom is -0.491 e. The molecule has 0 saturated carbocycles. The van der Waals surface area contributed by atoms with Crippen molar-refractivity contribution in [2.75, 3.05) is 0 Å². The van der Waals surface area contributed by atoms with Crippen molar-refractivity contribution in [1.82, 2.24) is 9.97 Å². The number of aromatic nitrogens is 2. The Balaban J connectivity index is 1.67. The van der Waals surface area contributed by atoms with Crippen LogP contribution in [0.15, 0.2) is 54.9 Å². The molecule has 0 aliphatic carbocycles. The molecule has 1 aromatic heterocycles. The van der Waals surface area contributed by atoms with Gasteiger partial charge in [0.15, 0.2) is 5.82 Å². The number of carboxylic acids is 1. The minimum absolute atomic E-state index is 0.0813. The maximum Gasteiger partial charge on any atom is 0.336 e. The van der Waals surface area contributed by atoms with E-state index in [4.69, 9.17) is 4.74 Å². The number of nitrogens with zero attached hydrogens (tertiary/aromatic N) is 2. The van der Waals surface area contributed by atoms with Gasteiger partial charge in [-0.3, -0.25) is 0 Å². The van der Waals surface area contributed by atoms with E-state index in [0.717, 1.165) is 48.3 Å². The van der Waals surface area contributed by atoms with Crippen molar-refractivity contribution in [3.05, 3.63) is 66.0 Å². The standard InChI is InChI=1S/C33H44N2O3/c1-5-7-8-9-13-25(4)38-29-19-20-30(33(36)37)31(21-29)27-15-17-28(18-16-27)32-34-22-26(23-35-32)14-11-10-12-24(3)6-2/h15-25H,5-14H2,1-4H3,(H,36,37)/t24-,25+/m0/s1. The fourth-order valence-electron chi connectivity index (χ4n) is 4.63. The summed E-state index contributed by atoms with van der Waals surface area (Å²) in [5, 5.41) is 9.78. The van der Waals surface area contributed by atoms with E-state index in [2.05, 4.69) is 37.7 Å². The summed E-state index contributed by atoms with van der Waals surface area (Å²) in [7, 11) is 0. The molecular weight excluding hydrogens is 472 g/mol. The summed E-state index contributed by atoms with van der Waals surface area (Å²) in [6.07, 6.45) is 15.6. The van der Waals surface area contributed by atoms with Gasteiger partial charge in [0.1, 0.15) is 5.75 Å². The second kappa shape index (κ2) is 15.3. The Hall–Kier alpha value is -3.21. The summed E-state index contributed by atoms with van der Waals surface area (Å²) >= 11 is 0. The van der Waals surface area contributed by atoms with E-state index in [0.29, 0.717) is 17.1 Å². The Labute approximate surface area is 228 Å². The van der Waals surface area contributed by atoms with E-state index in [-0.39, 0.29) is 11.7 Å². The van der Waals surface area contributed by atoms with Crippen molar-refractivity contribution in [1.29, 1.82) is 0 Å². The van der Waals surface area contributed by atoms with E-state index in [1.54, 1.807) is 12.1 Å². The van der Waals surface area contributed by atoms with Crippen LogP contribution in [0.1, 0.15) is 101 Å². The fraction of sp³-hybridized carbons (Fsp3) is 0.485. The van der Waals surface area contributed by atoms with Crippen LogP contribution in [-0.2, 0) is 6.42 Å². The van der Waals surface area contributed by atoms with Gasteiger partial charge in [-0.15, -0.1) is 0 Å². The van der Waals surface area contributed by atoms with Crippen LogP contribution >= 0.6 is 0 Å². The van der Waals surface area contributed by atoms with Crippen molar-refractivity contribution in [3.63, 3.8) is 0 Å². The minimum atomic E-state index is -0.952. The van der Waals surface area contributed by atoms with Crippen LogP contribution in [0.3, 0.4) is 0 Å². The lowest BCUT2D eigenvalue weighted by molar-refractivity contribution is 0.0697. The molecule has 0 aliphatic heterocycles. The van der Waals surface area contributed by atoms with Crippen LogP contribution in [0, 0.1) is 5.92 Å². The van der Waals surface area contributed by atoms with Crippen LogP contribution < -0.4 is 4.74 Å². The highest BCUT2D eigenvalue weighted by Gasteiger charge is 2.15. The number of aromatic carboxylic acids is 1. The highest BCUT2D eigenvalue weighted by atomic mass is 16.5. The van der Waals surface area contributed by atoms with Crippen LogP contribution in [0.2, 0.25) is 0 Å². The largest absolute Gasteiger partial charge is 0.491 e. The van der Waals surface area contributed by atoms with Gasteiger partial charge in [-0.25, -0.2) is 14.8 Å². The number of carbonyl (C=O) groups is 1. The van der Waals surface area contributed by atoms with Crippen LogP contribution in [-0.4, -0.2) is 27.1 Å². The van der Waals surface area contributed by atoms with Crippen LogP contribution in [0.5, 0.6) is 5.75 Å². The van der Waals surface area contributed by atoms with Crippen molar-refractivity contribution in [2.45, 2.75) is 98.0 Å². The summed E-state index contributed by atoms with van der Waals surface area (Å²) < 4.78 is 6.14. The molecule has 1 heterocycles. The van der Waals surface area contributed by atoms with E-state index in [1.807, 2.05) is 42.7 Å². The highest BCUT2D eigenvalue weighted by Crippen LogP contribution is 2.30.